The third-order valence-electron chi connectivity index (χ3n) is 5.72. The molecule has 0 saturated carbocycles. The quantitative estimate of drug-likeness (QED) is 0.288. The van der Waals surface area contributed by atoms with Crippen molar-refractivity contribution < 1.29 is 9.53 Å². The Morgan fingerprint density at radius 3 is 2.54 bits per heavy atom. The summed E-state index contributed by atoms with van der Waals surface area (Å²) >= 11 is 3.01. The van der Waals surface area contributed by atoms with Crippen LogP contribution >= 0.6 is 23.1 Å². The Morgan fingerprint density at radius 1 is 1.14 bits per heavy atom. The summed E-state index contributed by atoms with van der Waals surface area (Å²) in [6, 6.07) is 26.3. The molecule has 0 radical (unpaired) electrons. The third kappa shape index (κ3) is 4.72. The largest absolute Gasteiger partial charge is 0.438 e. The maximum atomic E-state index is 12.0. The molecule has 3 heterocycles. The Morgan fingerprint density at radius 2 is 1.91 bits per heavy atom. The summed E-state index contributed by atoms with van der Waals surface area (Å²) in [5.41, 5.74) is 5.64. The molecule has 7 heteroatoms. The molecule has 1 aliphatic heterocycles. The van der Waals surface area contributed by atoms with Crippen LogP contribution in [0.5, 0.6) is 0 Å². The van der Waals surface area contributed by atoms with Crippen LogP contribution in [-0.4, -0.2) is 17.2 Å². The molecule has 1 aliphatic rings. The summed E-state index contributed by atoms with van der Waals surface area (Å²) in [5.74, 6) is 0. The minimum Gasteiger partial charge on any atom is -0.438 e. The van der Waals surface area contributed by atoms with Gasteiger partial charge in [-0.05, 0) is 35.6 Å². The number of ether oxygens (including phenoxy) is 1. The molecule has 2 unspecified atom stereocenters. The van der Waals surface area contributed by atoms with Gasteiger partial charge in [-0.3, -0.25) is 5.32 Å². The Kier molecular flexibility index (Phi) is 6.41. The van der Waals surface area contributed by atoms with E-state index in [1.54, 1.807) is 11.3 Å². The first kappa shape index (κ1) is 22.9. The number of rotatable bonds is 6. The van der Waals surface area contributed by atoms with Crippen molar-refractivity contribution in [2.45, 2.75) is 23.3 Å². The van der Waals surface area contributed by atoms with Crippen LogP contribution < -0.4 is 5.32 Å². The van der Waals surface area contributed by atoms with E-state index in [0.29, 0.717) is 16.3 Å². The monoisotopic (exact) mass is 495 g/mol. The highest BCUT2D eigenvalue weighted by atomic mass is 32.2. The van der Waals surface area contributed by atoms with Gasteiger partial charge in [0.1, 0.15) is 11.1 Å². The fraction of sp³-hybridized carbons (Fsp3) is 0.107. The van der Waals surface area contributed by atoms with Crippen molar-refractivity contribution >= 4 is 29.2 Å². The lowest BCUT2D eigenvalue weighted by molar-refractivity contribution is 0.144. The van der Waals surface area contributed by atoms with Gasteiger partial charge in [-0.25, -0.2) is 9.78 Å². The topological polar surface area (TPSA) is 75.0 Å². The molecule has 0 aliphatic carbocycles. The lowest BCUT2D eigenvalue weighted by Crippen LogP contribution is -2.18. The number of carbonyl (C=O) groups excluding carboxylic acids is 1. The van der Waals surface area contributed by atoms with Crippen molar-refractivity contribution in [3.05, 3.63) is 107 Å². The molecule has 1 amide bonds. The number of carbonyl (C=O) groups is 1. The molecule has 0 spiro atoms. The number of pyridine rings is 1. The van der Waals surface area contributed by atoms with E-state index in [1.807, 2.05) is 85.1 Å². The number of amides is 1. The minimum absolute atomic E-state index is 0.341. The van der Waals surface area contributed by atoms with E-state index in [9.17, 15) is 10.1 Å². The van der Waals surface area contributed by atoms with Crippen molar-refractivity contribution in [1.82, 2.24) is 10.3 Å². The summed E-state index contributed by atoms with van der Waals surface area (Å²) in [4.78, 5) is 17.9. The summed E-state index contributed by atoms with van der Waals surface area (Å²) in [6.07, 6.45) is -1.13. The van der Waals surface area contributed by atoms with E-state index in [2.05, 4.69) is 18.0 Å². The van der Waals surface area contributed by atoms with Gasteiger partial charge >= 0.3 is 6.09 Å². The van der Waals surface area contributed by atoms with Crippen LogP contribution in [0.4, 0.5) is 4.79 Å². The Balaban J connectivity index is 1.67. The summed E-state index contributed by atoms with van der Waals surface area (Å²) in [5, 5.41) is 15.2. The maximum absolute atomic E-state index is 12.0. The SMILES string of the molecule is C=C1NC(=O)OC1C(Sc1nc(-c2cccs2)cc(-c2ccc(C)cc2)c1C#N)c1ccccc1. The van der Waals surface area contributed by atoms with Crippen molar-refractivity contribution in [3.63, 3.8) is 0 Å². The van der Waals surface area contributed by atoms with Crippen LogP contribution in [0.15, 0.2) is 95.5 Å². The van der Waals surface area contributed by atoms with E-state index in [1.165, 1.54) is 11.8 Å². The average molecular weight is 496 g/mol. The van der Waals surface area contributed by atoms with E-state index < -0.39 is 12.2 Å². The second-order valence-corrected chi connectivity index (χ2v) is 10.2. The maximum Gasteiger partial charge on any atom is 0.412 e. The van der Waals surface area contributed by atoms with E-state index in [0.717, 1.165) is 32.8 Å². The van der Waals surface area contributed by atoms with Crippen LogP contribution in [0.1, 0.15) is 21.9 Å². The minimum atomic E-state index is -0.600. The number of hydrogen-bond acceptors (Lipinski definition) is 6. The lowest BCUT2D eigenvalue weighted by atomic mass is 10.00. The Labute approximate surface area is 212 Å². The van der Waals surface area contributed by atoms with Gasteiger partial charge in [-0.2, -0.15) is 5.26 Å². The standard InChI is InChI=1S/C28H21N3O2S2/c1-17-10-12-19(13-11-17)21-15-23(24-9-6-14-34-24)31-27(22(21)16-29)35-26(20-7-4-3-5-8-20)25-18(2)30-28(32)33-25/h3-15,25-26H,2H2,1H3,(H,30,32). The molecule has 35 heavy (non-hydrogen) atoms. The molecule has 172 valence electrons. The normalized spacial score (nSPS) is 15.8. The zero-order valence-electron chi connectivity index (χ0n) is 18.9. The fourth-order valence-corrected chi connectivity index (χ4v) is 5.94. The number of aromatic nitrogens is 1. The molecule has 1 N–H and O–H groups in total. The van der Waals surface area contributed by atoms with Crippen molar-refractivity contribution in [1.29, 1.82) is 5.26 Å². The highest BCUT2D eigenvalue weighted by Crippen LogP contribution is 2.45. The van der Waals surface area contributed by atoms with Gasteiger partial charge in [0.2, 0.25) is 0 Å². The molecule has 4 aromatic rings. The molecule has 1 fully saturated rings. The van der Waals surface area contributed by atoms with Gasteiger partial charge in [0.05, 0.1) is 27.1 Å². The van der Waals surface area contributed by atoms with Crippen molar-refractivity contribution in [3.8, 4) is 27.8 Å². The second-order valence-electron chi connectivity index (χ2n) is 8.12. The predicted octanol–water partition coefficient (Wildman–Crippen LogP) is 7.11. The van der Waals surface area contributed by atoms with Crippen molar-refractivity contribution in [2.75, 3.05) is 0 Å². The summed E-state index contributed by atoms with van der Waals surface area (Å²) in [6.45, 7) is 6.03. The number of thioether (sulfide) groups is 1. The number of thiophene rings is 1. The molecule has 1 saturated heterocycles. The number of aryl methyl sites for hydroxylation is 1. The Bertz CT molecular complexity index is 1430. The van der Waals surface area contributed by atoms with Crippen LogP contribution in [0, 0.1) is 18.3 Å². The number of nitrogens with one attached hydrogen (secondary N) is 1. The van der Waals surface area contributed by atoms with Gasteiger partial charge in [0.15, 0.2) is 6.10 Å². The van der Waals surface area contributed by atoms with Gasteiger partial charge in [-0.15, -0.1) is 11.3 Å². The molecule has 5 rings (SSSR count). The second kappa shape index (κ2) is 9.79. The van der Waals surface area contributed by atoms with Crippen LogP contribution in [0.25, 0.3) is 21.7 Å². The predicted molar refractivity (Wildman–Crippen MR) is 140 cm³/mol. The van der Waals surface area contributed by atoms with E-state index in [4.69, 9.17) is 9.72 Å². The number of nitriles is 1. The van der Waals surface area contributed by atoms with Gasteiger partial charge < -0.3 is 4.74 Å². The van der Waals surface area contributed by atoms with Crippen LogP contribution in [-0.2, 0) is 4.74 Å². The van der Waals surface area contributed by atoms with Crippen LogP contribution in [0.2, 0.25) is 0 Å². The summed E-state index contributed by atoms with van der Waals surface area (Å²) < 4.78 is 5.59. The average Bonchev–Trinajstić information content (AvgIpc) is 3.52. The first-order chi connectivity index (χ1) is 17.0. The number of alkyl carbamates (subject to hydrolysis) is 1. The summed E-state index contributed by atoms with van der Waals surface area (Å²) in [7, 11) is 0. The first-order valence-corrected chi connectivity index (χ1v) is 12.7. The molecule has 0 bridgehead atoms. The molecular formula is C28H21N3O2S2. The third-order valence-corrected chi connectivity index (χ3v) is 7.90. The van der Waals surface area contributed by atoms with Crippen LogP contribution in [0.3, 0.4) is 0 Å². The lowest BCUT2D eigenvalue weighted by Gasteiger charge is -2.23. The first-order valence-electron chi connectivity index (χ1n) is 11.0. The zero-order valence-corrected chi connectivity index (χ0v) is 20.5. The molecular weight excluding hydrogens is 474 g/mol. The molecule has 5 nitrogen and oxygen atoms in total. The van der Waals surface area contributed by atoms with Crippen molar-refractivity contribution in [2.24, 2.45) is 0 Å². The molecule has 2 aromatic carbocycles. The van der Waals surface area contributed by atoms with Gasteiger partial charge in [0.25, 0.3) is 0 Å². The number of cyclic esters (lactones) is 1. The fourth-order valence-electron chi connectivity index (χ4n) is 3.96. The number of hydrogen-bond donors (Lipinski definition) is 1. The highest BCUT2D eigenvalue weighted by Gasteiger charge is 2.37. The molecule has 2 aromatic heterocycles. The zero-order chi connectivity index (χ0) is 24.4. The van der Waals surface area contributed by atoms with E-state index in [-0.39, 0.29) is 5.25 Å². The Hall–Kier alpha value is -3.86. The van der Waals surface area contributed by atoms with E-state index >= 15 is 0 Å². The molecule has 2 atom stereocenters. The smallest absolute Gasteiger partial charge is 0.412 e. The highest BCUT2D eigenvalue weighted by molar-refractivity contribution is 7.99. The van der Waals surface area contributed by atoms with Gasteiger partial charge in [-0.1, -0.05) is 84.6 Å². The van der Waals surface area contributed by atoms with Gasteiger partial charge in [0, 0.05) is 5.56 Å². The number of benzene rings is 2. The number of nitrogens with zero attached hydrogens (tertiary/aromatic N) is 2.